The first kappa shape index (κ1) is 11.9. The van der Waals surface area contributed by atoms with Gasteiger partial charge in [0.15, 0.2) is 0 Å². The molecular weight excluding hydrogens is 202 g/mol. The third-order valence-electron chi connectivity index (χ3n) is 2.59. The van der Waals surface area contributed by atoms with Crippen molar-refractivity contribution in [3.05, 3.63) is 0 Å². The number of likely N-dealkylation sites (tertiary alicyclic amines) is 1. The number of hydrogen-bond acceptors (Lipinski definition) is 3. The summed E-state index contributed by atoms with van der Waals surface area (Å²) >= 11 is 0. The van der Waals surface area contributed by atoms with Gasteiger partial charge in [0.25, 0.3) is 10.2 Å². The molecule has 1 aliphatic rings. The monoisotopic (exact) mass is 221 g/mol. The van der Waals surface area contributed by atoms with Crippen molar-refractivity contribution in [1.29, 1.82) is 0 Å². The van der Waals surface area contributed by atoms with E-state index in [9.17, 15) is 8.42 Å². The van der Waals surface area contributed by atoms with Crippen LogP contribution in [0.5, 0.6) is 0 Å². The summed E-state index contributed by atoms with van der Waals surface area (Å²) in [6.45, 7) is 4.54. The van der Waals surface area contributed by atoms with E-state index in [-0.39, 0.29) is 6.04 Å². The van der Waals surface area contributed by atoms with Gasteiger partial charge in [-0.05, 0) is 32.9 Å². The molecule has 5 nitrogen and oxygen atoms in total. The van der Waals surface area contributed by atoms with Crippen LogP contribution in [0.25, 0.3) is 0 Å². The summed E-state index contributed by atoms with van der Waals surface area (Å²) < 4.78 is 23.7. The van der Waals surface area contributed by atoms with Crippen LogP contribution in [-0.4, -0.2) is 39.0 Å². The molecule has 0 saturated carbocycles. The second-order valence-electron chi connectivity index (χ2n) is 3.84. The molecule has 14 heavy (non-hydrogen) atoms. The van der Waals surface area contributed by atoms with Crippen LogP contribution in [0.1, 0.15) is 26.2 Å². The van der Waals surface area contributed by atoms with Gasteiger partial charge in [-0.25, -0.2) is 9.86 Å². The van der Waals surface area contributed by atoms with E-state index in [0.29, 0.717) is 6.54 Å². The molecule has 0 spiro atoms. The Labute approximate surface area is 85.8 Å². The number of piperidine rings is 1. The summed E-state index contributed by atoms with van der Waals surface area (Å²) in [6, 6.07) is 0.230. The van der Waals surface area contributed by atoms with Crippen molar-refractivity contribution in [2.24, 2.45) is 5.14 Å². The number of nitrogens with two attached hydrogens (primary N) is 1. The molecule has 1 atom stereocenters. The molecule has 0 aromatic carbocycles. The molecule has 1 saturated heterocycles. The zero-order valence-corrected chi connectivity index (χ0v) is 9.39. The fourth-order valence-corrected chi connectivity index (χ4v) is 2.20. The maximum Gasteiger partial charge on any atom is 0.274 e. The predicted octanol–water partition coefficient (Wildman–Crippen LogP) is -0.346. The van der Waals surface area contributed by atoms with Crippen LogP contribution in [0, 0.1) is 0 Å². The second kappa shape index (κ2) is 5.06. The third-order valence-corrected chi connectivity index (χ3v) is 3.16. The molecule has 0 aromatic heterocycles. The van der Waals surface area contributed by atoms with E-state index in [2.05, 4.69) is 9.62 Å². The zero-order valence-electron chi connectivity index (χ0n) is 8.57. The van der Waals surface area contributed by atoms with E-state index in [0.717, 1.165) is 13.1 Å². The van der Waals surface area contributed by atoms with Gasteiger partial charge in [-0.2, -0.15) is 8.42 Å². The minimum absolute atomic E-state index is 0.230. The molecule has 0 aliphatic carbocycles. The highest BCUT2D eigenvalue weighted by Crippen LogP contribution is 2.11. The van der Waals surface area contributed by atoms with E-state index in [1.165, 1.54) is 19.3 Å². The van der Waals surface area contributed by atoms with Crippen molar-refractivity contribution < 1.29 is 8.42 Å². The lowest BCUT2D eigenvalue weighted by molar-refractivity contribution is 0.175. The van der Waals surface area contributed by atoms with E-state index < -0.39 is 10.2 Å². The molecule has 0 bridgehead atoms. The molecule has 0 radical (unpaired) electrons. The Bertz CT molecular complexity index is 260. The first-order valence-electron chi connectivity index (χ1n) is 5.00. The Morgan fingerprint density at radius 3 is 2.43 bits per heavy atom. The first-order valence-corrected chi connectivity index (χ1v) is 6.55. The second-order valence-corrected chi connectivity index (χ2v) is 5.22. The average molecular weight is 221 g/mol. The van der Waals surface area contributed by atoms with Gasteiger partial charge in [-0.1, -0.05) is 6.42 Å². The highest BCUT2D eigenvalue weighted by molar-refractivity contribution is 7.87. The van der Waals surface area contributed by atoms with E-state index in [1.54, 1.807) is 0 Å². The molecule has 1 unspecified atom stereocenters. The van der Waals surface area contributed by atoms with Crippen LogP contribution < -0.4 is 9.86 Å². The number of hydrogen-bond donors (Lipinski definition) is 2. The van der Waals surface area contributed by atoms with Crippen molar-refractivity contribution in [3.63, 3.8) is 0 Å². The molecule has 1 heterocycles. The van der Waals surface area contributed by atoms with Crippen molar-refractivity contribution >= 4 is 10.2 Å². The molecule has 84 valence electrons. The molecule has 1 aliphatic heterocycles. The zero-order chi connectivity index (χ0) is 10.6. The van der Waals surface area contributed by atoms with Gasteiger partial charge in [0, 0.05) is 12.6 Å². The molecule has 6 heteroatoms. The van der Waals surface area contributed by atoms with Crippen molar-refractivity contribution in [3.8, 4) is 0 Å². The van der Waals surface area contributed by atoms with Gasteiger partial charge in [0.05, 0.1) is 0 Å². The minimum Gasteiger partial charge on any atom is -0.299 e. The van der Waals surface area contributed by atoms with Gasteiger partial charge in [0.1, 0.15) is 0 Å². The Hall–Kier alpha value is -0.170. The van der Waals surface area contributed by atoms with Crippen LogP contribution in [0.3, 0.4) is 0 Å². The van der Waals surface area contributed by atoms with Crippen LogP contribution >= 0.6 is 0 Å². The quantitative estimate of drug-likeness (QED) is 0.681. The maximum absolute atomic E-state index is 10.7. The van der Waals surface area contributed by atoms with Gasteiger partial charge < -0.3 is 0 Å². The lowest BCUT2D eigenvalue weighted by Gasteiger charge is -2.32. The summed E-state index contributed by atoms with van der Waals surface area (Å²) in [7, 11) is -3.53. The number of nitrogens with one attached hydrogen (secondary N) is 1. The number of rotatable bonds is 4. The lowest BCUT2D eigenvalue weighted by atomic mass is 10.1. The average Bonchev–Trinajstić information content (AvgIpc) is 2.14. The highest BCUT2D eigenvalue weighted by atomic mass is 32.2. The van der Waals surface area contributed by atoms with Crippen LogP contribution in [0.4, 0.5) is 0 Å². The highest BCUT2D eigenvalue weighted by Gasteiger charge is 2.17. The van der Waals surface area contributed by atoms with Gasteiger partial charge in [-0.15, -0.1) is 0 Å². The summed E-state index contributed by atoms with van der Waals surface area (Å²) in [5.41, 5.74) is 0. The topological polar surface area (TPSA) is 75.4 Å². The van der Waals surface area contributed by atoms with Crippen LogP contribution in [0.2, 0.25) is 0 Å². The van der Waals surface area contributed by atoms with Crippen LogP contribution in [-0.2, 0) is 10.2 Å². The van der Waals surface area contributed by atoms with Gasteiger partial charge in [-0.3, -0.25) is 4.90 Å². The van der Waals surface area contributed by atoms with Crippen molar-refractivity contribution in [2.45, 2.75) is 32.2 Å². The third kappa shape index (κ3) is 4.36. The Balaban J connectivity index is 2.30. The summed E-state index contributed by atoms with van der Waals surface area (Å²) in [5, 5.41) is 4.86. The summed E-state index contributed by atoms with van der Waals surface area (Å²) in [4.78, 5) is 2.29. The molecule has 0 aromatic rings. The molecule has 1 fully saturated rings. The predicted molar refractivity (Wildman–Crippen MR) is 56.0 cm³/mol. The number of nitrogens with zero attached hydrogens (tertiary/aromatic N) is 1. The van der Waals surface area contributed by atoms with Crippen molar-refractivity contribution in [1.82, 2.24) is 9.62 Å². The fraction of sp³-hybridized carbons (Fsp3) is 1.00. The smallest absolute Gasteiger partial charge is 0.274 e. The largest absolute Gasteiger partial charge is 0.299 e. The van der Waals surface area contributed by atoms with E-state index in [4.69, 9.17) is 5.14 Å². The Morgan fingerprint density at radius 1 is 1.36 bits per heavy atom. The minimum atomic E-state index is -3.53. The SMILES string of the molecule is CC(CNS(N)(=O)=O)N1CCCCC1. The molecular formula is C8H19N3O2S. The molecule has 3 N–H and O–H groups in total. The van der Waals surface area contributed by atoms with E-state index in [1.807, 2.05) is 6.92 Å². The molecule has 0 amide bonds. The normalized spacial score (nSPS) is 22.1. The van der Waals surface area contributed by atoms with E-state index >= 15 is 0 Å². The van der Waals surface area contributed by atoms with Crippen molar-refractivity contribution in [2.75, 3.05) is 19.6 Å². The Kier molecular flexibility index (Phi) is 4.31. The first-order chi connectivity index (χ1) is 6.49. The molecule has 1 rings (SSSR count). The summed E-state index contributed by atoms with van der Waals surface area (Å²) in [5.74, 6) is 0. The van der Waals surface area contributed by atoms with Crippen LogP contribution in [0.15, 0.2) is 0 Å². The summed E-state index contributed by atoms with van der Waals surface area (Å²) in [6.07, 6.45) is 3.70. The van der Waals surface area contributed by atoms with Gasteiger partial charge in [0.2, 0.25) is 0 Å². The maximum atomic E-state index is 10.7. The fourth-order valence-electron chi connectivity index (χ4n) is 1.72. The van der Waals surface area contributed by atoms with Gasteiger partial charge >= 0.3 is 0 Å². The Morgan fingerprint density at radius 2 is 1.93 bits per heavy atom. The standard InChI is InChI=1S/C8H19N3O2S/c1-8(7-10-14(9,12)13)11-5-3-2-4-6-11/h8,10H,2-7H2,1H3,(H2,9,12,13). The lowest BCUT2D eigenvalue weighted by Crippen LogP contribution is -2.45.